The summed E-state index contributed by atoms with van der Waals surface area (Å²) in [5, 5.41) is 0. The van der Waals surface area contributed by atoms with Gasteiger partial charge in [-0.25, -0.2) is 0 Å². The van der Waals surface area contributed by atoms with Crippen molar-refractivity contribution in [3.05, 3.63) is 37.5 Å². The molecule has 0 N–H and O–H groups in total. The van der Waals surface area contributed by atoms with Gasteiger partial charge in [-0.3, -0.25) is 0 Å². The minimum atomic E-state index is 0.812. The van der Waals surface area contributed by atoms with Gasteiger partial charge in [-0.2, -0.15) is 0 Å². The van der Waals surface area contributed by atoms with Crippen molar-refractivity contribution >= 4 is 0 Å². The number of hydrogen-bond acceptors (Lipinski definition) is 0. The van der Waals surface area contributed by atoms with E-state index in [1.54, 1.807) is 0 Å². The van der Waals surface area contributed by atoms with Gasteiger partial charge in [0.25, 0.3) is 0 Å². The molecular formula is C13H22. The van der Waals surface area contributed by atoms with Crippen molar-refractivity contribution in [2.24, 2.45) is 5.92 Å². The van der Waals surface area contributed by atoms with Crippen LogP contribution in [0, 0.1) is 5.92 Å². The Labute approximate surface area is 83.0 Å². The van der Waals surface area contributed by atoms with Crippen molar-refractivity contribution in [1.82, 2.24) is 0 Å². The van der Waals surface area contributed by atoms with Gasteiger partial charge in [0, 0.05) is 0 Å². The van der Waals surface area contributed by atoms with Gasteiger partial charge in [-0.1, -0.05) is 24.3 Å². The monoisotopic (exact) mass is 178 g/mol. The topological polar surface area (TPSA) is 0 Å². The van der Waals surface area contributed by atoms with E-state index in [1.807, 2.05) is 12.2 Å². The molecule has 0 saturated heterocycles. The first-order chi connectivity index (χ1) is 6.35. The van der Waals surface area contributed by atoms with E-state index < -0.39 is 0 Å². The van der Waals surface area contributed by atoms with Crippen molar-refractivity contribution in [2.75, 3.05) is 0 Å². The molecule has 0 aromatic carbocycles. The molecule has 0 atom stereocenters. The number of rotatable bonds is 8. The zero-order valence-corrected chi connectivity index (χ0v) is 8.84. The van der Waals surface area contributed by atoms with Crippen LogP contribution in [0.15, 0.2) is 37.5 Å². The van der Waals surface area contributed by atoms with E-state index >= 15 is 0 Å². The SMILES string of the molecule is C=CCCC(CC=CC)CCC=C. The summed E-state index contributed by atoms with van der Waals surface area (Å²) in [6, 6.07) is 0. The molecule has 0 heteroatoms. The second-order valence-electron chi connectivity index (χ2n) is 3.40. The van der Waals surface area contributed by atoms with Gasteiger partial charge in [0.1, 0.15) is 0 Å². The fourth-order valence-electron chi connectivity index (χ4n) is 1.42. The van der Waals surface area contributed by atoms with Crippen LogP contribution in [0.4, 0.5) is 0 Å². The molecule has 0 aromatic heterocycles. The van der Waals surface area contributed by atoms with Crippen LogP contribution in [0.1, 0.15) is 39.0 Å². The van der Waals surface area contributed by atoms with Crippen LogP contribution in [0.5, 0.6) is 0 Å². The Bertz CT molecular complexity index is 141. The summed E-state index contributed by atoms with van der Waals surface area (Å²) in [6.45, 7) is 9.59. The molecule has 0 radical (unpaired) electrons. The summed E-state index contributed by atoms with van der Waals surface area (Å²) in [7, 11) is 0. The molecule has 0 heterocycles. The smallest absolute Gasteiger partial charge is 0.0322 e. The average molecular weight is 178 g/mol. The lowest BCUT2D eigenvalue weighted by atomic mass is 9.94. The van der Waals surface area contributed by atoms with Gasteiger partial charge in [-0.05, 0) is 44.9 Å². The zero-order chi connectivity index (χ0) is 9.94. The predicted molar refractivity (Wildman–Crippen MR) is 61.8 cm³/mol. The van der Waals surface area contributed by atoms with Gasteiger partial charge in [0.2, 0.25) is 0 Å². The van der Waals surface area contributed by atoms with Crippen molar-refractivity contribution in [3.8, 4) is 0 Å². The Morgan fingerprint density at radius 1 is 1.08 bits per heavy atom. The third-order valence-electron chi connectivity index (χ3n) is 2.26. The van der Waals surface area contributed by atoms with E-state index in [1.165, 1.54) is 19.3 Å². The minimum absolute atomic E-state index is 0.812. The summed E-state index contributed by atoms with van der Waals surface area (Å²) in [5.74, 6) is 0.812. The van der Waals surface area contributed by atoms with Crippen LogP contribution in [-0.2, 0) is 0 Å². The lowest BCUT2D eigenvalue weighted by Crippen LogP contribution is -1.97. The highest BCUT2D eigenvalue weighted by Crippen LogP contribution is 2.18. The summed E-state index contributed by atoms with van der Waals surface area (Å²) < 4.78 is 0. The molecule has 0 fully saturated rings. The highest BCUT2D eigenvalue weighted by molar-refractivity contribution is 4.83. The molecular weight excluding hydrogens is 156 g/mol. The first kappa shape index (κ1) is 12.2. The van der Waals surface area contributed by atoms with E-state index in [-0.39, 0.29) is 0 Å². The van der Waals surface area contributed by atoms with Crippen LogP contribution in [0.3, 0.4) is 0 Å². The Kier molecular flexibility index (Phi) is 8.75. The van der Waals surface area contributed by atoms with Gasteiger partial charge in [0.05, 0.1) is 0 Å². The van der Waals surface area contributed by atoms with Crippen molar-refractivity contribution in [2.45, 2.75) is 39.0 Å². The maximum absolute atomic E-state index is 3.76. The molecule has 0 nitrogen and oxygen atoms in total. The summed E-state index contributed by atoms with van der Waals surface area (Å²) in [5.41, 5.74) is 0. The summed E-state index contributed by atoms with van der Waals surface area (Å²) >= 11 is 0. The third kappa shape index (κ3) is 7.58. The van der Waals surface area contributed by atoms with Gasteiger partial charge >= 0.3 is 0 Å². The second kappa shape index (κ2) is 9.31. The normalized spacial score (nSPS) is 10.9. The van der Waals surface area contributed by atoms with Crippen molar-refractivity contribution < 1.29 is 0 Å². The lowest BCUT2D eigenvalue weighted by Gasteiger charge is -2.12. The van der Waals surface area contributed by atoms with E-state index in [9.17, 15) is 0 Å². The molecule has 0 amide bonds. The molecule has 13 heavy (non-hydrogen) atoms. The average Bonchev–Trinajstić information content (AvgIpc) is 2.17. The maximum Gasteiger partial charge on any atom is -0.0322 e. The number of hydrogen-bond donors (Lipinski definition) is 0. The summed E-state index contributed by atoms with van der Waals surface area (Å²) in [4.78, 5) is 0. The molecule has 0 bridgehead atoms. The molecule has 0 aromatic rings. The maximum atomic E-state index is 3.76. The van der Waals surface area contributed by atoms with Crippen molar-refractivity contribution in [1.29, 1.82) is 0 Å². The molecule has 74 valence electrons. The number of allylic oxidation sites excluding steroid dienone is 4. The summed E-state index contributed by atoms with van der Waals surface area (Å²) in [6.07, 6.45) is 14.4. The molecule has 0 aliphatic carbocycles. The Hall–Kier alpha value is -0.780. The molecule has 0 spiro atoms. The fourth-order valence-corrected chi connectivity index (χ4v) is 1.42. The zero-order valence-electron chi connectivity index (χ0n) is 8.84. The van der Waals surface area contributed by atoms with Crippen LogP contribution < -0.4 is 0 Å². The van der Waals surface area contributed by atoms with Crippen LogP contribution in [-0.4, -0.2) is 0 Å². The largest absolute Gasteiger partial charge is 0.103 e. The van der Waals surface area contributed by atoms with E-state index in [2.05, 4.69) is 32.2 Å². The van der Waals surface area contributed by atoms with E-state index in [0.717, 1.165) is 18.8 Å². The molecule has 0 aliphatic rings. The van der Waals surface area contributed by atoms with Crippen LogP contribution in [0.2, 0.25) is 0 Å². The molecule has 0 aliphatic heterocycles. The Balaban J connectivity index is 3.71. The minimum Gasteiger partial charge on any atom is -0.103 e. The van der Waals surface area contributed by atoms with Crippen LogP contribution >= 0.6 is 0 Å². The van der Waals surface area contributed by atoms with Crippen LogP contribution in [0.25, 0.3) is 0 Å². The molecule has 0 unspecified atom stereocenters. The third-order valence-corrected chi connectivity index (χ3v) is 2.26. The van der Waals surface area contributed by atoms with E-state index in [0.29, 0.717) is 0 Å². The van der Waals surface area contributed by atoms with Crippen molar-refractivity contribution in [3.63, 3.8) is 0 Å². The van der Waals surface area contributed by atoms with E-state index in [4.69, 9.17) is 0 Å². The Morgan fingerprint density at radius 2 is 1.62 bits per heavy atom. The molecule has 0 rings (SSSR count). The predicted octanol–water partition coefficient (Wildman–Crippen LogP) is 4.50. The molecule has 0 saturated carbocycles. The fraction of sp³-hybridized carbons (Fsp3) is 0.538. The highest BCUT2D eigenvalue weighted by atomic mass is 14.1. The first-order valence-electron chi connectivity index (χ1n) is 5.18. The second-order valence-corrected chi connectivity index (χ2v) is 3.40. The van der Waals surface area contributed by atoms with Gasteiger partial charge in [0.15, 0.2) is 0 Å². The highest BCUT2D eigenvalue weighted by Gasteiger charge is 2.03. The lowest BCUT2D eigenvalue weighted by molar-refractivity contribution is 0.463. The van der Waals surface area contributed by atoms with Gasteiger partial charge in [-0.15, -0.1) is 13.2 Å². The Morgan fingerprint density at radius 3 is 2.00 bits per heavy atom. The van der Waals surface area contributed by atoms with Gasteiger partial charge < -0.3 is 0 Å². The quantitative estimate of drug-likeness (QED) is 0.480. The standard InChI is InChI=1S/C13H22/c1-4-7-10-13(11-8-5-2)12-9-6-3/h4-6,9,13H,1-2,7-8,10-12H2,3H3. The first-order valence-corrected chi connectivity index (χ1v) is 5.18.